The Balaban J connectivity index is 3.03. The first-order chi connectivity index (χ1) is 8.58. The topological polar surface area (TPSA) is 43.1 Å². The summed E-state index contributed by atoms with van der Waals surface area (Å²) in [6.07, 6.45) is 4.77. The van der Waals surface area contributed by atoms with Crippen LogP contribution in [0.25, 0.3) is 23.6 Å². The lowest BCUT2D eigenvalue weighted by atomic mass is 10.1. The highest BCUT2D eigenvalue weighted by Gasteiger charge is 2.15. The van der Waals surface area contributed by atoms with Gasteiger partial charge in [0.2, 0.25) is 0 Å². The third kappa shape index (κ3) is 1.96. The van der Waals surface area contributed by atoms with Gasteiger partial charge in [-0.15, -0.1) is 0 Å². The first kappa shape index (κ1) is 12.6. The Bertz CT molecular complexity index is 726. The van der Waals surface area contributed by atoms with Gasteiger partial charge in [0.25, 0.3) is 0 Å². The van der Waals surface area contributed by atoms with Gasteiger partial charge in [0.15, 0.2) is 11.2 Å². The Morgan fingerprint density at radius 2 is 2.11 bits per heavy atom. The average molecular weight is 243 g/mol. The predicted octanol–water partition coefficient (Wildman–Crippen LogP) is 1.75. The van der Waals surface area contributed by atoms with E-state index in [-0.39, 0.29) is 5.43 Å². The van der Waals surface area contributed by atoms with Crippen LogP contribution in [0.5, 0.6) is 0 Å². The fraction of sp³-hybridized carbons (Fsp3) is 0.333. The highest BCUT2D eigenvalue weighted by Crippen LogP contribution is 2.21. The van der Waals surface area contributed by atoms with Gasteiger partial charge < -0.3 is 4.42 Å². The maximum Gasteiger partial charge on any atom is 0.185 e. The second kappa shape index (κ2) is 4.77. The summed E-state index contributed by atoms with van der Waals surface area (Å²) in [5, 5.41) is 0.825. The summed E-state index contributed by atoms with van der Waals surface area (Å²) in [6.45, 7) is 7.64. The molecule has 1 aliphatic carbocycles. The molecule has 0 aromatic heterocycles. The predicted molar refractivity (Wildman–Crippen MR) is 73.0 cm³/mol. The summed E-state index contributed by atoms with van der Waals surface area (Å²) >= 11 is 0. The summed E-state index contributed by atoms with van der Waals surface area (Å²) in [5.74, 6) is 0.602. The summed E-state index contributed by atoms with van der Waals surface area (Å²) in [7, 11) is 0. The van der Waals surface area contributed by atoms with Gasteiger partial charge in [-0.2, -0.15) is 0 Å². The number of hydrogen-bond donors (Lipinski definition) is 0. The second-order valence-electron chi connectivity index (χ2n) is 4.36. The van der Waals surface area contributed by atoms with Crippen LogP contribution in [0.15, 0.2) is 15.3 Å². The van der Waals surface area contributed by atoms with Crippen LogP contribution in [0.1, 0.15) is 31.4 Å². The molecule has 94 valence electrons. The lowest BCUT2D eigenvalue weighted by Crippen LogP contribution is -2.30. The smallest absolute Gasteiger partial charge is 0.185 e. The maximum atomic E-state index is 11.8. The van der Waals surface area contributed by atoms with E-state index in [0.717, 1.165) is 28.4 Å². The van der Waals surface area contributed by atoms with Crippen molar-refractivity contribution in [3.8, 4) is 11.5 Å². The van der Waals surface area contributed by atoms with Gasteiger partial charge in [-0.3, -0.25) is 4.79 Å². The van der Waals surface area contributed by atoms with Crippen molar-refractivity contribution in [1.29, 1.82) is 0 Å². The molecule has 0 N–H and O–H groups in total. The minimum absolute atomic E-state index is 0.00114. The highest BCUT2D eigenvalue weighted by atomic mass is 16.3. The van der Waals surface area contributed by atoms with E-state index in [0.29, 0.717) is 11.3 Å². The van der Waals surface area contributed by atoms with Crippen molar-refractivity contribution in [3.63, 3.8) is 0 Å². The van der Waals surface area contributed by atoms with E-state index in [2.05, 4.69) is 4.98 Å². The van der Waals surface area contributed by atoms with Gasteiger partial charge in [0.1, 0.15) is 16.5 Å². The fourth-order valence-corrected chi connectivity index (χ4v) is 1.98. The third-order valence-electron chi connectivity index (χ3n) is 3.01. The molecule has 0 fully saturated rings. The largest absolute Gasteiger partial charge is 0.453 e. The Kier molecular flexibility index (Phi) is 3.32. The average Bonchev–Trinajstić information content (AvgIpc) is 2.36. The summed E-state index contributed by atoms with van der Waals surface area (Å²) in [5.41, 5.74) is 2.99. The van der Waals surface area contributed by atoms with Crippen LogP contribution in [0, 0.1) is 13.8 Å². The molecule has 1 heterocycles. The monoisotopic (exact) mass is 243 g/mol. The van der Waals surface area contributed by atoms with E-state index in [4.69, 9.17) is 4.42 Å². The van der Waals surface area contributed by atoms with E-state index < -0.39 is 0 Å². The molecule has 0 atom stereocenters. The van der Waals surface area contributed by atoms with Crippen molar-refractivity contribution >= 4 is 12.2 Å². The van der Waals surface area contributed by atoms with Gasteiger partial charge >= 0.3 is 0 Å². The van der Waals surface area contributed by atoms with Crippen molar-refractivity contribution in [2.24, 2.45) is 0 Å². The van der Waals surface area contributed by atoms with Gasteiger partial charge in [0, 0.05) is 5.56 Å². The molecule has 0 bridgehead atoms. The van der Waals surface area contributed by atoms with Gasteiger partial charge in [-0.05, 0) is 44.9 Å². The summed E-state index contributed by atoms with van der Waals surface area (Å²) in [6, 6.07) is 1.61. The molecule has 0 aromatic rings. The molecule has 3 nitrogen and oxygen atoms in total. The number of aryl methyl sites for hydroxylation is 1. The van der Waals surface area contributed by atoms with Gasteiger partial charge in [0.05, 0.1) is 0 Å². The Hall–Kier alpha value is -1.90. The van der Waals surface area contributed by atoms with E-state index >= 15 is 0 Å². The summed E-state index contributed by atoms with van der Waals surface area (Å²) < 4.78 is 5.87. The number of fused-ring (bicyclic) bond motifs is 1. The van der Waals surface area contributed by atoms with Crippen molar-refractivity contribution in [2.45, 2.75) is 34.1 Å². The van der Waals surface area contributed by atoms with E-state index in [1.165, 1.54) is 0 Å². The molecular weight excluding hydrogens is 226 g/mol. The number of aromatic nitrogens is 1. The standard InChI is InChI=1S/C15H17NO2/c1-5-7-13-11(6-2)16-14-9(3)8-12(17)10(4)15(14)18-13/h6-8H,5H2,1-4H3/b11-6+,13-7+. The van der Waals surface area contributed by atoms with Crippen LogP contribution in [-0.2, 0) is 0 Å². The minimum Gasteiger partial charge on any atom is -0.453 e. The van der Waals surface area contributed by atoms with E-state index in [9.17, 15) is 4.79 Å². The quantitative estimate of drug-likeness (QED) is 0.766. The molecule has 2 rings (SSSR count). The number of rotatable bonds is 1. The van der Waals surface area contributed by atoms with Crippen LogP contribution in [0.3, 0.4) is 0 Å². The molecule has 0 saturated carbocycles. The normalized spacial score (nSPS) is 13.6. The third-order valence-corrected chi connectivity index (χ3v) is 3.01. The Morgan fingerprint density at radius 3 is 2.72 bits per heavy atom. The molecule has 2 aliphatic rings. The van der Waals surface area contributed by atoms with Crippen LogP contribution >= 0.6 is 0 Å². The Labute approximate surface area is 106 Å². The number of nitrogens with zero attached hydrogens (tertiary/aromatic N) is 1. The molecule has 0 unspecified atom stereocenters. The number of hydrogen-bond acceptors (Lipinski definition) is 3. The van der Waals surface area contributed by atoms with Crippen LogP contribution in [0.2, 0.25) is 0 Å². The zero-order valence-corrected chi connectivity index (χ0v) is 11.2. The lowest BCUT2D eigenvalue weighted by Gasteiger charge is -2.09. The molecule has 18 heavy (non-hydrogen) atoms. The molecule has 1 aliphatic heterocycles. The van der Waals surface area contributed by atoms with E-state index in [1.54, 1.807) is 13.0 Å². The van der Waals surface area contributed by atoms with Crippen LogP contribution in [0.4, 0.5) is 0 Å². The van der Waals surface area contributed by atoms with Crippen LogP contribution < -0.4 is 16.2 Å². The second-order valence-corrected chi connectivity index (χ2v) is 4.36. The van der Waals surface area contributed by atoms with Crippen molar-refractivity contribution in [3.05, 3.63) is 38.2 Å². The Morgan fingerprint density at radius 1 is 1.39 bits per heavy atom. The van der Waals surface area contributed by atoms with Crippen molar-refractivity contribution in [1.82, 2.24) is 4.98 Å². The number of benzene rings is 1. The fourth-order valence-electron chi connectivity index (χ4n) is 1.98. The first-order valence-corrected chi connectivity index (χ1v) is 6.16. The molecule has 0 aromatic carbocycles. The first-order valence-electron chi connectivity index (χ1n) is 6.16. The SMILES string of the molecule is C/C=c1/nc2c(C)cc(=O)c(C)c-2o/c1=C/CC. The molecular formula is C15H17NO2. The van der Waals surface area contributed by atoms with Crippen LogP contribution in [-0.4, -0.2) is 4.98 Å². The van der Waals surface area contributed by atoms with Gasteiger partial charge in [-0.25, -0.2) is 4.98 Å². The minimum atomic E-state index is 0.00114. The van der Waals surface area contributed by atoms with Crippen molar-refractivity contribution in [2.75, 3.05) is 0 Å². The molecule has 0 spiro atoms. The molecule has 0 amide bonds. The highest BCUT2D eigenvalue weighted by molar-refractivity contribution is 5.62. The molecule has 0 radical (unpaired) electrons. The van der Waals surface area contributed by atoms with Gasteiger partial charge in [-0.1, -0.05) is 13.0 Å². The molecule has 0 saturated heterocycles. The van der Waals surface area contributed by atoms with E-state index in [1.807, 2.05) is 32.9 Å². The maximum absolute atomic E-state index is 11.8. The zero-order chi connectivity index (χ0) is 13.3. The van der Waals surface area contributed by atoms with Crippen molar-refractivity contribution < 1.29 is 4.42 Å². The lowest BCUT2D eigenvalue weighted by molar-refractivity contribution is 0.508. The zero-order valence-electron chi connectivity index (χ0n) is 11.2. The summed E-state index contributed by atoms with van der Waals surface area (Å²) in [4.78, 5) is 16.4. The molecule has 3 heteroatoms.